The molecule has 0 amide bonds. The molecule has 1 aromatic carbocycles. The van der Waals surface area contributed by atoms with Crippen molar-refractivity contribution >= 4 is 5.84 Å². The summed E-state index contributed by atoms with van der Waals surface area (Å²) in [6.07, 6.45) is 0.775. The second-order valence-corrected chi connectivity index (χ2v) is 4.84. The second-order valence-electron chi connectivity index (χ2n) is 4.84. The van der Waals surface area contributed by atoms with Crippen LogP contribution in [0, 0.1) is 5.41 Å². The molecule has 0 spiro atoms. The molecule has 6 heteroatoms. The number of hydrogen-bond donors (Lipinski definition) is 2. The number of rotatable bonds is 6. The third-order valence-electron chi connectivity index (χ3n) is 3.16. The number of nitrogens with one attached hydrogen (secondary N) is 1. The number of nitrogens with zero attached hydrogens (tertiary/aromatic N) is 2. The Morgan fingerprint density at radius 1 is 1.32 bits per heavy atom. The molecule has 0 aliphatic carbocycles. The molecule has 0 saturated carbocycles. The molecule has 0 saturated heterocycles. The molecule has 1 heterocycles. The predicted molar refractivity (Wildman–Crippen MR) is 86.4 cm³/mol. The summed E-state index contributed by atoms with van der Waals surface area (Å²) in [7, 11) is 0. The molecule has 22 heavy (non-hydrogen) atoms. The maximum absolute atomic E-state index is 12.2. The van der Waals surface area contributed by atoms with Crippen LogP contribution in [-0.4, -0.2) is 22.2 Å². The van der Waals surface area contributed by atoms with Crippen LogP contribution in [0.2, 0.25) is 0 Å². The van der Waals surface area contributed by atoms with E-state index in [4.69, 9.17) is 15.9 Å². The van der Waals surface area contributed by atoms with Crippen LogP contribution in [0.5, 0.6) is 5.75 Å². The topological polar surface area (TPSA) is 94.0 Å². The molecule has 2 aromatic rings. The van der Waals surface area contributed by atoms with Gasteiger partial charge in [-0.15, -0.1) is 0 Å². The van der Waals surface area contributed by atoms with Crippen LogP contribution < -0.4 is 16.0 Å². The van der Waals surface area contributed by atoms with Gasteiger partial charge < -0.3 is 10.5 Å². The number of benzene rings is 1. The fourth-order valence-corrected chi connectivity index (χ4v) is 2.13. The average Bonchev–Trinajstić information content (AvgIpc) is 2.50. The first-order valence-electron chi connectivity index (χ1n) is 7.26. The molecular formula is C16H20N4O2. The van der Waals surface area contributed by atoms with Gasteiger partial charge in [-0.25, -0.2) is 4.68 Å². The highest BCUT2D eigenvalue weighted by molar-refractivity contribution is 5.95. The van der Waals surface area contributed by atoms with E-state index < -0.39 is 0 Å². The maximum Gasteiger partial charge on any atom is 0.277 e. The fourth-order valence-electron chi connectivity index (χ4n) is 2.13. The molecule has 2 rings (SSSR count). The van der Waals surface area contributed by atoms with Gasteiger partial charge in [0.05, 0.1) is 17.9 Å². The average molecular weight is 300 g/mol. The van der Waals surface area contributed by atoms with Crippen LogP contribution in [0.4, 0.5) is 0 Å². The molecule has 116 valence electrons. The van der Waals surface area contributed by atoms with E-state index >= 15 is 0 Å². The highest BCUT2D eigenvalue weighted by atomic mass is 16.5. The first-order valence-corrected chi connectivity index (χ1v) is 7.26. The second kappa shape index (κ2) is 6.89. The van der Waals surface area contributed by atoms with Crippen LogP contribution in [-0.2, 0) is 6.54 Å². The van der Waals surface area contributed by atoms with Crippen LogP contribution in [0.25, 0.3) is 11.3 Å². The molecule has 0 unspecified atom stereocenters. The Labute approximate surface area is 129 Å². The minimum atomic E-state index is -0.330. The van der Waals surface area contributed by atoms with E-state index in [0.29, 0.717) is 18.8 Å². The first kappa shape index (κ1) is 15.8. The lowest BCUT2D eigenvalue weighted by atomic mass is 10.1. The summed E-state index contributed by atoms with van der Waals surface area (Å²) in [6, 6.07) is 9.01. The van der Waals surface area contributed by atoms with Crippen molar-refractivity contribution in [2.75, 3.05) is 6.61 Å². The Kier molecular flexibility index (Phi) is 4.93. The van der Waals surface area contributed by atoms with Crippen LogP contribution >= 0.6 is 0 Å². The maximum atomic E-state index is 12.2. The number of hydrogen-bond acceptors (Lipinski definition) is 4. The van der Waals surface area contributed by atoms with Crippen molar-refractivity contribution in [2.24, 2.45) is 5.73 Å². The predicted octanol–water partition coefficient (Wildman–Crippen LogP) is 2.00. The van der Waals surface area contributed by atoms with Crippen molar-refractivity contribution in [2.45, 2.75) is 26.8 Å². The van der Waals surface area contributed by atoms with E-state index in [1.54, 1.807) is 6.07 Å². The lowest BCUT2D eigenvalue weighted by Crippen LogP contribution is -2.31. The molecule has 6 nitrogen and oxygen atoms in total. The van der Waals surface area contributed by atoms with Crippen molar-refractivity contribution in [1.82, 2.24) is 9.78 Å². The Bertz CT molecular complexity index is 720. The summed E-state index contributed by atoms with van der Waals surface area (Å²) in [5, 5.41) is 11.9. The minimum Gasteiger partial charge on any atom is -0.494 e. The standard InChI is InChI=1S/C16H20N4O2/c1-3-9-20-16(21)13(15(17)18)10-14(19-20)11-5-7-12(8-6-11)22-4-2/h5-8,10H,3-4,9H2,1-2H3,(H3,17,18). The normalized spacial score (nSPS) is 10.5. The zero-order valence-electron chi connectivity index (χ0n) is 12.8. The van der Waals surface area contributed by atoms with Gasteiger partial charge in [-0.05, 0) is 43.7 Å². The summed E-state index contributed by atoms with van der Waals surface area (Å²) in [6.45, 7) is 4.98. The van der Waals surface area contributed by atoms with Gasteiger partial charge in [0, 0.05) is 12.1 Å². The highest BCUT2D eigenvalue weighted by Crippen LogP contribution is 2.20. The smallest absolute Gasteiger partial charge is 0.277 e. The van der Waals surface area contributed by atoms with E-state index in [9.17, 15) is 4.79 Å². The van der Waals surface area contributed by atoms with Gasteiger partial charge in [0.1, 0.15) is 11.6 Å². The Hall–Kier alpha value is -2.63. The van der Waals surface area contributed by atoms with Crippen LogP contribution in [0.1, 0.15) is 25.8 Å². The number of ether oxygens (including phenoxy) is 1. The molecule has 0 atom stereocenters. The highest BCUT2D eigenvalue weighted by Gasteiger charge is 2.11. The van der Waals surface area contributed by atoms with E-state index in [-0.39, 0.29) is 17.0 Å². The van der Waals surface area contributed by atoms with Gasteiger partial charge >= 0.3 is 0 Å². The van der Waals surface area contributed by atoms with E-state index in [2.05, 4.69) is 5.10 Å². The van der Waals surface area contributed by atoms with Gasteiger partial charge in [-0.1, -0.05) is 6.92 Å². The van der Waals surface area contributed by atoms with E-state index in [1.807, 2.05) is 38.1 Å². The summed E-state index contributed by atoms with van der Waals surface area (Å²) < 4.78 is 6.77. The first-order chi connectivity index (χ1) is 10.6. The Morgan fingerprint density at radius 3 is 2.55 bits per heavy atom. The number of nitrogen functional groups attached to an aromatic ring is 1. The SMILES string of the molecule is CCCn1nc(-c2ccc(OCC)cc2)cc(C(=N)N)c1=O. The molecule has 0 fully saturated rings. The molecule has 0 aliphatic rings. The van der Waals surface area contributed by atoms with Gasteiger partial charge in [0.15, 0.2) is 0 Å². The van der Waals surface area contributed by atoms with Crippen molar-refractivity contribution in [3.05, 3.63) is 46.2 Å². The molecular weight excluding hydrogens is 280 g/mol. The summed E-state index contributed by atoms with van der Waals surface area (Å²) in [5.74, 6) is 0.532. The zero-order chi connectivity index (χ0) is 16.1. The minimum absolute atomic E-state index is 0.173. The molecule has 0 bridgehead atoms. The van der Waals surface area contributed by atoms with Crippen molar-refractivity contribution in [3.63, 3.8) is 0 Å². The summed E-state index contributed by atoms with van der Waals surface area (Å²) in [4.78, 5) is 12.2. The summed E-state index contributed by atoms with van der Waals surface area (Å²) in [5.41, 5.74) is 6.81. The number of amidine groups is 1. The van der Waals surface area contributed by atoms with Crippen LogP contribution in [0.15, 0.2) is 35.1 Å². The van der Waals surface area contributed by atoms with Crippen LogP contribution in [0.3, 0.4) is 0 Å². The van der Waals surface area contributed by atoms with Gasteiger partial charge in [0.25, 0.3) is 5.56 Å². The van der Waals surface area contributed by atoms with Gasteiger partial charge in [-0.2, -0.15) is 5.10 Å². The van der Waals surface area contributed by atoms with Gasteiger partial charge in [0.2, 0.25) is 0 Å². The Morgan fingerprint density at radius 2 is 2.00 bits per heavy atom. The fraction of sp³-hybridized carbons (Fsp3) is 0.312. The monoisotopic (exact) mass is 300 g/mol. The summed E-state index contributed by atoms with van der Waals surface area (Å²) >= 11 is 0. The molecule has 3 N–H and O–H groups in total. The number of aromatic nitrogens is 2. The largest absolute Gasteiger partial charge is 0.494 e. The molecule has 1 aromatic heterocycles. The third-order valence-corrected chi connectivity index (χ3v) is 3.16. The lowest BCUT2D eigenvalue weighted by Gasteiger charge is -2.10. The zero-order valence-corrected chi connectivity index (χ0v) is 12.8. The van der Waals surface area contributed by atoms with E-state index in [1.165, 1.54) is 4.68 Å². The van der Waals surface area contributed by atoms with Crippen molar-refractivity contribution < 1.29 is 4.74 Å². The Balaban J connectivity index is 2.49. The third kappa shape index (κ3) is 3.33. The quantitative estimate of drug-likeness (QED) is 0.630. The molecule has 0 aliphatic heterocycles. The van der Waals surface area contributed by atoms with Crippen molar-refractivity contribution in [1.29, 1.82) is 5.41 Å². The lowest BCUT2D eigenvalue weighted by molar-refractivity contribution is 0.340. The van der Waals surface area contributed by atoms with Crippen molar-refractivity contribution in [3.8, 4) is 17.0 Å². The van der Waals surface area contributed by atoms with E-state index in [0.717, 1.165) is 17.7 Å². The number of aryl methyl sites for hydroxylation is 1. The molecule has 0 radical (unpaired) electrons. The number of nitrogens with two attached hydrogens (primary N) is 1. The van der Waals surface area contributed by atoms with Gasteiger partial charge in [-0.3, -0.25) is 10.2 Å².